The molecule has 22 heavy (non-hydrogen) atoms. The number of fused-ring (bicyclic) bond motifs is 1. The summed E-state index contributed by atoms with van der Waals surface area (Å²) in [4.78, 5) is 0. The van der Waals surface area contributed by atoms with Crippen LogP contribution in [0.5, 0.6) is 5.75 Å². The summed E-state index contributed by atoms with van der Waals surface area (Å²) in [6.45, 7) is 0.315. The molecule has 0 bridgehead atoms. The number of nitrogens with zero attached hydrogens (tertiary/aromatic N) is 3. The van der Waals surface area contributed by atoms with Crippen LogP contribution in [0, 0.1) is 0 Å². The number of benzene rings is 2. The predicted octanol–water partition coefficient (Wildman–Crippen LogP) is 1.66. The van der Waals surface area contributed by atoms with Crippen molar-refractivity contribution >= 4 is 22.3 Å². The number of hydrogen-bond donors (Lipinski definition) is 2. The Morgan fingerprint density at radius 1 is 1.27 bits per heavy atom. The van der Waals surface area contributed by atoms with Crippen molar-refractivity contribution in [2.24, 2.45) is 0 Å². The highest BCUT2D eigenvalue weighted by molar-refractivity contribution is 7.77. The van der Waals surface area contributed by atoms with Gasteiger partial charge in [-0.15, -0.1) is 5.10 Å². The van der Waals surface area contributed by atoms with Crippen LogP contribution in [0.3, 0.4) is 0 Å². The van der Waals surface area contributed by atoms with E-state index in [1.54, 1.807) is 11.8 Å². The summed E-state index contributed by atoms with van der Waals surface area (Å²) in [5.74, 6) is 0.738. The van der Waals surface area contributed by atoms with Crippen LogP contribution in [0.15, 0.2) is 42.5 Å². The summed E-state index contributed by atoms with van der Waals surface area (Å²) in [5, 5.41) is 8.28. The van der Waals surface area contributed by atoms with Crippen molar-refractivity contribution in [3.05, 3.63) is 48.0 Å². The molecule has 0 fully saturated rings. The van der Waals surface area contributed by atoms with Gasteiger partial charge in [0.2, 0.25) is 11.3 Å². The highest BCUT2D eigenvalue weighted by atomic mass is 32.2. The van der Waals surface area contributed by atoms with Crippen molar-refractivity contribution in [3.63, 3.8) is 0 Å². The third-order valence-electron chi connectivity index (χ3n) is 3.23. The van der Waals surface area contributed by atoms with Crippen LogP contribution < -0.4 is 9.46 Å². The lowest BCUT2D eigenvalue weighted by molar-refractivity contribution is 0.415. The Bertz CT molecular complexity index is 817. The molecule has 0 saturated heterocycles. The van der Waals surface area contributed by atoms with Gasteiger partial charge in [0.25, 0.3) is 0 Å². The van der Waals surface area contributed by atoms with Crippen LogP contribution in [0.2, 0.25) is 0 Å². The largest absolute Gasteiger partial charge is 0.497 e. The zero-order valence-electron chi connectivity index (χ0n) is 11.8. The van der Waals surface area contributed by atoms with Gasteiger partial charge in [-0.25, -0.2) is 13.6 Å². The van der Waals surface area contributed by atoms with Gasteiger partial charge >= 0.3 is 0 Å². The Hall–Kier alpha value is -2.29. The van der Waals surface area contributed by atoms with Crippen molar-refractivity contribution in [3.8, 4) is 11.4 Å². The molecule has 8 heteroatoms. The van der Waals surface area contributed by atoms with Crippen molar-refractivity contribution in [2.75, 3.05) is 7.11 Å². The van der Waals surface area contributed by atoms with Gasteiger partial charge in [0, 0.05) is 12.6 Å². The summed E-state index contributed by atoms with van der Waals surface area (Å²) in [6, 6.07) is 13.1. The number of nitrogens with one attached hydrogen (secondary N) is 1. The number of hydrogen-bond acceptors (Lipinski definition) is 4. The quantitative estimate of drug-likeness (QED) is 0.698. The van der Waals surface area contributed by atoms with Gasteiger partial charge in [-0.2, -0.15) is 0 Å². The molecule has 0 spiro atoms. The van der Waals surface area contributed by atoms with Gasteiger partial charge in [0.1, 0.15) is 11.3 Å². The van der Waals surface area contributed by atoms with E-state index in [9.17, 15) is 4.21 Å². The Kier molecular flexibility index (Phi) is 4.14. The van der Waals surface area contributed by atoms with E-state index in [2.05, 4.69) is 15.0 Å². The topological polar surface area (TPSA) is 89.3 Å². The summed E-state index contributed by atoms with van der Waals surface area (Å²) in [6.07, 6.45) is 0. The standard InChI is InChI=1S/C14H14N4O3S/c1-21-12-6-7-13-14(8-12)18(17-16-13)11-4-2-10(3-5-11)9-15-22(19)20/h2-8,15H,9H2,1H3,(H,19,20). The molecule has 0 aliphatic heterocycles. The van der Waals surface area contributed by atoms with E-state index in [1.165, 1.54) is 0 Å². The maximum absolute atomic E-state index is 10.6. The maximum Gasteiger partial charge on any atom is 0.232 e. The normalized spacial score (nSPS) is 12.5. The lowest BCUT2D eigenvalue weighted by Gasteiger charge is -2.05. The van der Waals surface area contributed by atoms with Crippen molar-refractivity contribution in [1.29, 1.82) is 0 Å². The monoisotopic (exact) mass is 318 g/mol. The lowest BCUT2D eigenvalue weighted by Crippen LogP contribution is -2.15. The molecule has 7 nitrogen and oxygen atoms in total. The highest BCUT2D eigenvalue weighted by Gasteiger charge is 2.08. The molecule has 114 valence electrons. The predicted molar refractivity (Wildman–Crippen MR) is 83.0 cm³/mol. The Balaban J connectivity index is 1.92. The van der Waals surface area contributed by atoms with Gasteiger partial charge < -0.3 is 4.74 Å². The number of rotatable bonds is 5. The third kappa shape index (κ3) is 2.98. The van der Waals surface area contributed by atoms with Crippen molar-refractivity contribution in [2.45, 2.75) is 6.54 Å². The highest BCUT2D eigenvalue weighted by Crippen LogP contribution is 2.21. The lowest BCUT2D eigenvalue weighted by atomic mass is 10.2. The van der Waals surface area contributed by atoms with Crippen LogP contribution in [-0.2, 0) is 17.8 Å². The first-order chi connectivity index (χ1) is 10.7. The summed E-state index contributed by atoms with van der Waals surface area (Å²) in [7, 11) is 1.61. The van der Waals surface area contributed by atoms with E-state index in [-0.39, 0.29) is 0 Å². The molecule has 0 aliphatic rings. The Labute approximate surface area is 129 Å². The molecule has 1 aromatic heterocycles. The van der Waals surface area contributed by atoms with Crippen LogP contribution >= 0.6 is 0 Å². The first-order valence-corrected chi connectivity index (χ1v) is 7.61. The van der Waals surface area contributed by atoms with E-state index in [0.29, 0.717) is 6.54 Å². The fraction of sp³-hybridized carbons (Fsp3) is 0.143. The number of aromatic nitrogens is 3. The average molecular weight is 318 g/mol. The van der Waals surface area contributed by atoms with Gasteiger partial charge in [-0.3, -0.25) is 4.55 Å². The minimum absolute atomic E-state index is 0.315. The summed E-state index contributed by atoms with van der Waals surface area (Å²) >= 11 is -2.01. The second-order valence-corrected chi connectivity index (χ2v) is 5.38. The second-order valence-electron chi connectivity index (χ2n) is 4.59. The molecule has 3 rings (SSSR count). The first-order valence-electron chi connectivity index (χ1n) is 6.50. The zero-order chi connectivity index (χ0) is 15.5. The fourth-order valence-corrected chi connectivity index (χ4v) is 2.41. The molecule has 0 amide bonds. The average Bonchev–Trinajstić information content (AvgIpc) is 2.96. The molecular weight excluding hydrogens is 304 g/mol. The molecule has 2 aromatic carbocycles. The second kappa shape index (κ2) is 6.22. The minimum atomic E-state index is -2.01. The summed E-state index contributed by atoms with van der Waals surface area (Å²) in [5.41, 5.74) is 3.38. The zero-order valence-corrected chi connectivity index (χ0v) is 12.6. The Morgan fingerprint density at radius 2 is 2.05 bits per heavy atom. The molecular formula is C14H14N4O3S. The van der Waals surface area contributed by atoms with Crippen LogP contribution in [0.25, 0.3) is 16.7 Å². The SMILES string of the molecule is COc1ccc2nnn(-c3ccc(CNS(=O)O)cc3)c2c1. The Morgan fingerprint density at radius 3 is 2.73 bits per heavy atom. The molecule has 2 N–H and O–H groups in total. The maximum atomic E-state index is 10.6. The molecule has 0 radical (unpaired) electrons. The van der Waals surface area contributed by atoms with Crippen LogP contribution in [0.1, 0.15) is 5.56 Å². The van der Waals surface area contributed by atoms with Crippen LogP contribution in [-0.4, -0.2) is 30.9 Å². The molecule has 0 saturated carbocycles. The number of methoxy groups -OCH3 is 1. The van der Waals surface area contributed by atoms with Gasteiger partial charge in [-0.05, 0) is 29.8 Å². The van der Waals surface area contributed by atoms with Crippen molar-refractivity contribution in [1.82, 2.24) is 19.7 Å². The van der Waals surface area contributed by atoms with Crippen LogP contribution in [0.4, 0.5) is 0 Å². The fourth-order valence-electron chi connectivity index (χ4n) is 2.12. The van der Waals surface area contributed by atoms with E-state index in [0.717, 1.165) is 28.0 Å². The third-order valence-corrected chi connectivity index (χ3v) is 3.62. The first kappa shape index (κ1) is 14.6. The van der Waals surface area contributed by atoms with E-state index in [4.69, 9.17) is 9.29 Å². The van der Waals surface area contributed by atoms with Gasteiger partial charge in [-0.1, -0.05) is 17.3 Å². The van der Waals surface area contributed by atoms with E-state index in [1.807, 2.05) is 42.5 Å². The molecule has 1 atom stereocenters. The van der Waals surface area contributed by atoms with Crippen molar-refractivity contribution < 1.29 is 13.5 Å². The summed E-state index contributed by atoms with van der Waals surface area (Å²) < 4.78 is 28.7. The van der Waals surface area contributed by atoms with E-state index < -0.39 is 11.3 Å². The van der Waals surface area contributed by atoms with Gasteiger partial charge in [0.15, 0.2) is 0 Å². The molecule has 1 unspecified atom stereocenters. The number of ether oxygens (including phenoxy) is 1. The minimum Gasteiger partial charge on any atom is -0.497 e. The van der Waals surface area contributed by atoms with Gasteiger partial charge in [0.05, 0.1) is 18.3 Å². The van der Waals surface area contributed by atoms with E-state index >= 15 is 0 Å². The molecule has 1 heterocycles. The smallest absolute Gasteiger partial charge is 0.232 e. The molecule has 0 aliphatic carbocycles. The molecule has 3 aromatic rings.